The Hall–Kier alpha value is -1.92. The fourth-order valence-corrected chi connectivity index (χ4v) is 2.92. The van der Waals surface area contributed by atoms with Crippen LogP contribution in [0, 0.1) is 0 Å². The normalized spacial score (nSPS) is 13.4. The minimum atomic E-state index is -0.420. The van der Waals surface area contributed by atoms with Gasteiger partial charge in [0, 0.05) is 11.1 Å². The van der Waals surface area contributed by atoms with E-state index < -0.39 is 6.04 Å². The van der Waals surface area contributed by atoms with Crippen LogP contribution in [-0.2, 0) is 6.42 Å². The van der Waals surface area contributed by atoms with Gasteiger partial charge in [-0.25, -0.2) is 9.78 Å². The number of aliphatic hydroxyl groups excluding tert-OH is 1. The largest absolute Gasteiger partial charge is 0.394 e. The zero-order valence-electron chi connectivity index (χ0n) is 12.7. The van der Waals surface area contributed by atoms with Gasteiger partial charge in [-0.2, -0.15) is 0 Å². The Morgan fingerprint density at radius 1 is 1.32 bits per heavy atom. The second-order valence-electron chi connectivity index (χ2n) is 5.00. The number of amides is 2. The summed E-state index contributed by atoms with van der Waals surface area (Å²) in [5.74, 6) is 0. The van der Waals surface area contributed by atoms with Crippen LogP contribution in [0.3, 0.4) is 0 Å². The maximum absolute atomic E-state index is 12.1. The van der Waals surface area contributed by atoms with Crippen LogP contribution in [0.4, 0.5) is 4.79 Å². The van der Waals surface area contributed by atoms with Gasteiger partial charge >= 0.3 is 6.03 Å². The van der Waals surface area contributed by atoms with Crippen LogP contribution >= 0.6 is 11.3 Å². The molecule has 0 saturated heterocycles. The van der Waals surface area contributed by atoms with Gasteiger partial charge in [0.15, 0.2) is 0 Å². The van der Waals surface area contributed by atoms with Crippen LogP contribution in [0.5, 0.6) is 0 Å². The number of carbonyl (C=O) groups excluding carboxylic acids is 1. The second-order valence-corrected chi connectivity index (χ2v) is 6.15. The van der Waals surface area contributed by atoms with Gasteiger partial charge in [-0.1, -0.05) is 37.3 Å². The van der Waals surface area contributed by atoms with Crippen LogP contribution in [0.25, 0.3) is 0 Å². The van der Waals surface area contributed by atoms with Gasteiger partial charge in [-0.05, 0) is 18.9 Å². The van der Waals surface area contributed by atoms with Gasteiger partial charge in [-0.15, -0.1) is 11.3 Å². The van der Waals surface area contributed by atoms with Crippen LogP contribution in [0.1, 0.15) is 41.4 Å². The highest BCUT2D eigenvalue weighted by Crippen LogP contribution is 2.20. The third kappa shape index (κ3) is 4.29. The summed E-state index contributed by atoms with van der Waals surface area (Å²) in [7, 11) is 0. The van der Waals surface area contributed by atoms with E-state index in [1.165, 1.54) is 4.88 Å². The van der Waals surface area contributed by atoms with Gasteiger partial charge in [0.1, 0.15) is 5.01 Å². The summed E-state index contributed by atoms with van der Waals surface area (Å²) in [5, 5.41) is 16.0. The minimum Gasteiger partial charge on any atom is -0.394 e. The molecule has 0 aliphatic rings. The average Bonchev–Trinajstić information content (AvgIpc) is 3.02. The van der Waals surface area contributed by atoms with Crippen LogP contribution in [-0.4, -0.2) is 22.7 Å². The molecule has 1 heterocycles. The Bertz CT molecular complexity index is 600. The number of hydrogen-bond acceptors (Lipinski definition) is 4. The van der Waals surface area contributed by atoms with Crippen LogP contribution < -0.4 is 10.6 Å². The fraction of sp³-hybridized carbons (Fsp3) is 0.375. The molecule has 0 saturated carbocycles. The molecule has 0 fully saturated rings. The van der Waals surface area contributed by atoms with E-state index in [2.05, 4.69) is 22.5 Å². The molecule has 0 aliphatic heterocycles. The first-order valence-corrected chi connectivity index (χ1v) is 8.13. The van der Waals surface area contributed by atoms with Crippen molar-refractivity contribution in [3.63, 3.8) is 0 Å². The van der Waals surface area contributed by atoms with Crippen molar-refractivity contribution in [3.05, 3.63) is 52.0 Å². The molecule has 2 amide bonds. The smallest absolute Gasteiger partial charge is 0.315 e. The van der Waals surface area contributed by atoms with Crippen molar-refractivity contribution in [2.45, 2.75) is 32.4 Å². The number of aliphatic hydroxyl groups is 1. The highest BCUT2D eigenvalue weighted by Gasteiger charge is 2.17. The molecule has 5 nitrogen and oxygen atoms in total. The number of thiazole rings is 1. The number of urea groups is 1. The molecule has 0 radical (unpaired) electrons. The summed E-state index contributed by atoms with van der Waals surface area (Å²) in [4.78, 5) is 17.6. The summed E-state index contributed by atoms with van der Waals surface area (Å²) < 4.78 is 0. The van der Waals surface area contributed by atoms with Crippen molar-refractivity contribution < 1.29 is 9.90 Å². The molecule has 3 N–H and O–H groups in total. The molecular weight excluding hydrogens is 298 g/mol. The molecule has 0 spiro atoms. The van der Waals surface area contributed by atoms with E-state index in [0.717, 1.165) is 17.0 Å². The van der Waals surface area contributed by atoms with E-state index in [-0.39, 0.29) is 18.7 Å². The maximum atomic E-state index is 12.1. The Kier molecular flexibility index (Phi) is 5.91. The molecule has 1 aromatic carbocycles. The van der Waals surface area contributed by atoms with E-state index in [1.54, 1.807) is 11.3 Å². The molecule has 22 heavy (non-hydrogen) atoms. The van der Waals surface area contributed by atoms with Crippen molar-refractivity contribution in [1.82, 2.24) is 15.6 Å². The van der Waals surface area contributed by atoms with Gasteiger partial charge in [0.25, 0.3) is 0 Å². The lowest BCUT2D eigenvalue weighted by Gasteiger charge is -2.19. The number of aromatic nitrogens is 1. The lowest BCUT2D eigenvalue weighted by atomic mass is 10.1. The molecule has 0 bridgehead atoms. The second kappa shape index (κ2) is 7.91. The molecule has 2 rings (SSSR count). The maximum Gasteiger partial charge on any atom is 0.315 e. The highest BCUT2D eigenvalue weighted by atomic mass is 32.1. The molecule has 0 aliphatic carbocycles. The zero-order chi connectivity index (χ0) is 15.9. The SMILES string of the molecule is CCc1cnc(C(C)NC(=O)N[C@H](CO)c2ccccc2)s1. The first kappa shape index (κ1) is 16.5. The summed E-state index contributed by atoms with van der Waals surface area (Å²) in [5.41, 5.74) is 0.871. The fourth-order valence-electron chi connectivity index (χ4n) is 2.06. The number of carbonyl (C=O) groups is 1. The Labute approximate surface area is 134 Å². The van der Waals surface area contributed by atoms with Crippen LogP contribution in [0.15, 0.2) is 36.5 Å². The zero-order valence-corrected chi connectivity index (χ0v) is 13.6. The topological polar surface area (TPSA) is 74.2 Å². The first-order chi connectivity index (χ1) is 10.6. The number of nitrogens with zero attached hydrogens (tertiary/aromatic N) is 1. The standard InChI is InChI=1S/C16H21N3O2S/c1-3-13-9-17-15(22-13)11(2)18-16(21)19-14(10-20)12-7-5-4-6-8-12/h4-9,11,14,20H,3,10H2,1-2H3,(H2,18,19,21)/t11?,14-/m1/s1. The van der Waals surface area contributed by atoms with E-state index in [4.69, 9.17) is 0 Å². The van der Waals surface area contributed by atoms with Gasteiger partial charge < -0.3 is 15.7 Å². The Balaban J connectivity index is 1.93. The summed E-state index contributed by atoms with van der Waals surface area (Å²) in [6, 6.07) is 8.50. The van der Waals surface area contributed by atoms with Crippen molar-refractivity contribution in [3.8, 4) is 0 Å². The number of hydrogen-bond donors (Lipinski definition) is 3. The number of rotatable bonds is 6. The van der Waals surface area contributed by atoms with Gasteiger partial charge in [-0.3, -0.25) is 0 Å². The number of nitrogens with one attached hydrogen (secondary N) is 2. The molecule has 2 atom stereocenters. The summed E-state index contributed by atoms with van der Waals surface area (Å²) in [6.07, 6.45) is 2.79. The minimum absolute atomic E-state index is 0.150. The molecule has 1 aromatic heterocycles. The predicted octanol–water partition coefficient (Wildman–Crippen LogP) is 2.80. The average molecular weight is 319 g/mol. The number of aryl methyl sites for hydroxylation is 1. The highest BCUT2D eigenvalue weighted by molar-refractivity contribution is 7.11. The van der Waals surface area contributed by atoms with E-state index >= 15 is 0 Å². The van der Waals surface area contributed by atoms with Crippen molar-refractivity contribution in [1.29, 1.82) is 0 Å². The molecule has 118 valence electrons. The van der Waals surface area contributed by atoms with E-state index in [9.17, 15) is 9.90 Å². The summed E-state index contributed by atoms with van der Waals surface area (Å²) in [6.45, 7) is 3.82. The Morgan fingerprint density at radius 2 is 2.05 bits per heavy atom. The molecule has 2 aromatic rings. The van der Waals surface area contributed by atoms with E-state index in [0.29, 0.717) is 0 Å². The Morgan fingerprint density at radius 3 is 2.64 bits per heavy atom. The van der Waals surface area contributed by atoms with Crippen molar-refractivity contribution in [2.75, 3.05) is 6.61 Å². The predicted molar refractivity (Wildman–Crippen MR) is 87.8 cm³/mol. The monoisotopic (exact) mass is 319 g/mol. The van der Waals surface area contributed by atoms with Gasteiger partial charge in [0.05, 0.1) is 18.7 Å². The van der Waals surface area contributed by atoms with Crippen molar-refractivity contribution >= 4 is 17.4 Å². The van der Waals surface area contributed by atoms with E-state index in [1.807, 2.05) is 43.5 Å². The summed E-state index contributed by atoms with van der Waals surface area (Å²) >= 11 is 1.60. The quantitative estimate of drug-likeness (QED) is 0.766. The third-order valence-electron chi connectivity index (χ3n) is 3.33. The molecular formula is C16H21N3O2S. The molecule has 6 heteroatoms. The lowest BCUT2D eigenvalue weighted by Crippen LogP contribution is -2.40. The lowest BCUT2D eigenvalue weighted by molar-refractivity contribution is 0.214. The van der Waals surface area contributed by atoms with Crippen molar-refractivity contribution in [2.24, 2.45) is 0 Å². The third-order valence-corrected chi connectivity index (χ3v) is 4.65. The first-order valence-electron chi connectivity index (χ1n) is 7.31. The van der Waals surface area contributed by atoms with Crippen LogP contribution in [0.2, 0.25) is 0 Å². The van der Waals surface area contributed by atoms with Gasteiger partial charge in [0.2, 0.25) is 0 Å². The number of benzene rings is 1. The molecule has 1 unspecified atom stereocenters.